The number of fused-ring (bicyclic) bond motifs is 1. The molecule has 62 heavy (non-hydrogen) atoms. The number of non-ortho nitro benzene ring substituents is 1. The topological polar surface area (TPSA) is 414 Å². The number of amides is 1. The summed E-state index contributed by atoms with van der Waals surface area (Å²) in [4.78, 5) is 19.5. The third kappa shape index (κ3) is 15.0. The number of allylic oxidation sites excluding steroid dienone is 1. The predicted molar refractivity (Wildman–Crippen MR) is 190 cm³/mol. The number of nitrogen functional groups attached to an aromatic ring is 1. The van der Waals surface area contributed by atoms with Crippen molar-refractivity contribution in [1.29, 1.82) is 0 Å². The van der Waals surface area contributed by atoms with Crippen molar-refractivity contribution in [1.82, 2.24) is 0 Å². The fourth-order valence-corrected chi connectivity index (χ4v) is 6.42. The molecule has 5 aromatic rings. The van der Waals surface area contributed by atoms with E-state index in [-0.39, 0.29) is 122 Å². The SMILES string of the molecule is CC([O-])=C(N=Nc1cc(S(N)(=O)=O)ccc1[O-])C(=O)Nc1ccccc1.Nc1ccc(S(=O)(=O)[O-])c2cc(S(=O)(=O)[O-])c(N=Nc3cc([N+](=O)[O-])ccc3[O-])c([O-])c12.[Cr+3].[Na+].[Na+].[Na+]. The second kappa shape index (κ2) is 23.9. The molecule has 0 aromatic heterocycles. The molecule has 5 N–H and O–H groups in total. The molecule has 5 aromatic carbocycles. The maximum absolute atomic E-state index is 12.9. The molecular formula is C32H22CrN8Na3O15S3. The number of nitrogens with zero attached hydrogens (tertiary/aromatic N) is 5. The van der Waals surface area contributed by atoms with Gasteiger partial charge in [0.2, 0.25) is 10.0 Å². The second-order valence-corrected chi connectivity index (χ2v) is 15.5. The van der Waals surface area contributed by atoms with Gasteiger partial charge in [-0.1, -0.05) is 54.5 Å². The maximum atomic E-state index is 12.9. The average Bonchev–Trinajstić information content (AvgIpc) is 3.11. The number of hydrogen-bond acceptors (Lipinski definition) is 20. The summed E-state index contributed by atoms with van der Waals surface area (Å²) >= 11 is 0. The smallest absolute Gasteiger partial charge is 0.874 e. The van der Waals surface area contributed by atoms with Crippen LogP contribution in [0.4, 0.5) is 34.1 Å². The first-order chi connectivity index (χ1) is 26.9. The Bertz CT molecular complexity index is 2930. The van der Waals surface area contributed by atoms with Gasteiger partial charge in [-0.2, -0.15) is 10.2 Å². The fourth-order valence-electron chi connectivity index (χ4n) is 4.59. The number of nitrogens with one attached hydrogen (secondary N) is 1. The largest absolute Gasteiger partial charge is 3.00 e. The molecular weight excluding hydrogens is 954 g/mol. The van der Waals surface area contributed by atoms with E-state index in [4.69, 9.17) is 10.9 Å². The van der Waals surface area contributed by atoms with Crippen LogP contribution in [0.2, 0.25) is 0 Å². The Morgan fingerprint density at radius 3 is 1.81 bits per heavy atom. The van der Waals surface area contributed by atoms with Crippen LogP contribution in [-0.4, -0.2) is 45.2 Å². The average molecular weight is 976 g/mol. The zero-order chi connectivity index (χ0) is 43.3. The second-order valence-electron chi connectivity index (χ2n) is 11.2. The van der Waals surface area contributed by atoms with Gasteiger partial charge in [-0.15, -0.1) is 16.0 Å². The van der Waals surface area contributed by atoms with E-state index in [9.17, 15) is 69.7 Å². The van der Waals surface area contributed by atoms with Gasteiger partial charge in [0.15, 0.2) is 0 Å². The Labute approximate surface area is 428 Å². The van der Waals surface area contributed by atoms with Gasteiger partial charge in [0, 0.05) is 34.3 Å². The van der Waals surface area contributed by atoms with Crippen LogP contribution in [-0.2, 0) is 52.4 Å². The third-order valence-electron chi connectivity index (χ3n) is 7.24. The van der Waals surface area contributed by atoms with E-state index in [1.165, 1.54) is 0 Å². The summed E-state index contributed by atoms with van der Waals surface area (Å²) < 4.78 is 92.3. The van der Waals surface area contributed by atoms with Crippen molar-refractivity contribution in [3.8, 4) is 17.2 Å². The summed E-state index contributed by atoms with van der Waals surface area (Å²) in [5.74, 6) is -4.40. The minimum Gasteiger partial charge on any atom is -0.874 e. The van der Waals surface area contributed by atoms with E-state index in [1.54, 1.807) is 30.3 Å². The van der Waals surface area contributed by atoms with Crippen LogP contribution in [0.1, 0.15) is 6.92 Å². The summed E-state index contributed by atoms with van der Waals surface area (Å²) in [6.07, 6.45) is 0. The van der Waals surface area contributed by atoms with Crippen LogP contribution in [0, 0.1) is 10.1 Å². The van der Waals surface area contributed by atoms with E-state index in [2.05, 4.69) is 25.8 Å². The summed E-state index contributed by atoms with van der Waals surface area (Å²) in [7, 11) is -14.7. The van der Waals surface area contributed by atoms with E-state index < -0.39 is 107 Å². The van der Waals surface area contributed by atoms with Crippen LogP contribution in [0.3, 0.4) is 0 Å². The molecule has 0 spiro atoms. The van der Waals surface area contributed by atoms with Crippen LogP contribution in [0.25, 0.3) is 10.8 Å². The Kier molecular flexibility index (Phi) is 22.5. The van der Waals surface area contributed by atoms with Gasteiger partial charge >= 0.3 is 106 Å². The molecule has 0 aliphatic carbocycles. The number of nitrogens with two attached hydrogens (primary N) is 2. The van der Waals surface area contributed by atoms with Crippen molar-refractivity contribution in [2.75, 3.05) is 11.1 Å². The monoisotopic (exact) mass is 975 g/mol. The number of rotatable bonds is 10. The van der Waals surface area contributed by atoms with Crippen LogP contribution < -0.4 is 125 Å². The van der Waals surface area contributed by atoms with Crippen molar-refractivity contribution in [2.24, 2.45) is 25.6 Å². The molecule has 0 aliphatic rings. The van der Waals surface area contributed by atoms with E-state index in [1.807, 2.05) is 0 Å². The number of benzene rings is 5. The van der Waals surface area contributed by atoms with Crippen molar-refractivity contribution < 1.29 is 171 Å². The molecule has 0 bridgehead atoms. The van der Waals surface area contributed by atoms with Crippen molar-refractivity contribution in [2.45, 2.75) is 21.6 Å². The summed E-state index contributed by atoms with van der Waals surface area (Å²) in [6, 6.07) is 15.6. The number of anilines is 2. The predicted octanol–water partition coefficient (Wildman–Crippen LogP) is -7.57. The zero-order valence-corrected chi connectivity index (χ0v) is 42.0. The number of nitro groups is 1. The number of nitro benzene ring substituents is 1. The molecule has 23 nitrogen and oxygen atoms in total. The Morgan fingerprint density at radius 1 is 0.742 bits per heavy atom. The molecule has 0 saturated carbocycles. The summed E-state index contributed by atoms with van der Waals surface area (Å²) in [5.41, 5.74) is 2.45. The molecule has 1 radical (unpaired) electrons. The van der Waals surface area contributed by atoms with Gasteiger partial charge in [0.1, 0.15) is 25.9 Å². The minimum atomic E-state index is -5.49. The van der Waals surface area contributed by atoms with Crippen molar-refractivity contribution >= 4 is 81.1 Å². The Hall–Kier alpha value is -3.57. The van der Waals surface area contributed by atoms with Gasteiger partial charge in [-0.25, -0.2) is 30.4 Å². The maximum Gasteiger partial charge on any atom is 3.00 e. The number of hydrogen-bond donors (Lipinski definition) is 3. The third-order valence-corrected chi connectivity index (χ3v) is 9.89. The molecule has 307 valence electrons. The molecule has 5 rings (SSSR count). The van der Waals surface area contributed by atoms with Gasteiger partial charge < -0.3 is 40.6 Å². The first-order valence-corrected chi connectivity index (χ1v) is 19.6. The standard InChI is InChI=1S/C16H12N4O10S2.C16H16N4O5S.Cr.3Na/c17-9-2-4-12(31(25,26)27)8-6-13(32(28,29)30)15(16(22)14(8)9)19-18-10-5-7(20(23)24)1-3-11(10)21;1-10(21)15(16(23)18-11-5-3-2-4-6-11)20-19-13-9-12(26(17,24)25)7-8-14(13)22;;;;/h1-6,21-22H,17H2,(H,25,26,27)(H,28,29,30);2-9,21-22H,1H3,(H,18,23)(H2,17,24,25);;;;/q;;+3;3*+1/p-6. The first-order valence-electron chi connectivity index (χ1n) is 15.2. The molecule has 0 atom stereocenters. The molecule has 30 heteroatoms. The number of primary sulfonamides is 1. The minimum absolute atomic E-state index is 0. The van der Waals surface area contributed by atoms with Crippen LogP contribution >= 0.6 is 0 Å². The van der Waals surface area contributed by atoms with Crippen molar-refractivity contribution in [3.63, 3.8) is 0 Å². The normalized spacial score (nSPS) is 11.7. The molecule has 0 heterocycles. The molecule has 0 unspecified atom stereocenters. The first kappa shape index (κ1) is 58.4. The Morgan fingerprint density at radius 2 is 1.29 bits per heavy atom. The van der Waals surface area contributed by atoms with Gasteiger partial charge in [-0.05, 0) is 42.5 Å². The van der Waals surface area contributed by atoms with Crippen molar-refractivity contribution in [3.05, 3.63) is 106 Å². The summed E-state index contributed by atoms with van der Waals surface area (Å²) in [6.45, 7) is 1.11. The van der Waals surface area contributed by atoms with E-state index >= 15 is 0 Å². The quantitative estimate of drug-likeness (QED) is 0.0171. The Balaban J connectivity index is 0.00000115. The number of carbonyl (C=O) groups is 1. The van der Waals surface area contributed by atoms with Crippen LogP contribution in [0.5, 0.6) is 17.2 Å². The van der Waals surface area contributed by atoms with E-state index in [0.29, 0.717) is 17.8 Å². The number of azo groups is 2. The molecule has 0 aliphatic heterocycles. The molecule has 0 saturated heterocycles. The number of para-hydroxylation sites is 1. The summed E-state index contributed by atoms with van der Waals surface area (Å²) in [5, 5.41) is 78.8. The number of carbonyl (C=O) groups excluding carboxylic acids is 1. The molecule has 0 fully saturated rings. The van der Waals surface area contributed by atoms with Crippen LogP contribution in [0.15, 0.2) is 132 Å². The zero-order valence-electron chi connectivity index (χ0n) is 32.2. The van der Waals surface area contributed by atoms with Gasteiger partial charge in [0.25, 0.3) is 11.6 Å². The fraction of sp³-hybridized carbons (Fsp3) is 0.0312. The molecule has 1 amide bonds. The number of sulfonamides is 1. The van der Waals surface area contributed by atoms with Gasteiger partial charge in [-0.3, -0.25) is 14.9 Å². The van der Waals surface area contributed by atoms with E-state index in [0.717, 1.165) is 49.4 Å². The van der Waals surface area contributed by atoms with Gasteiger partial charge in [0.05, 0.1) is 36.7 Å².